The van der Waals surface area contributed by atoms with Crippen molar-refractivity contribution >= 4 is 5.97 Å². The number of hydrogen-bond donors (Lipinski definition) is 0. The Labute approximate surface area is 239 Å². The summed E-state index contributed by atoms with van der Waals surface area (Å²) < 4.78 is 0. The van der Waals surface area contributed by atoms with Gasteiger partial charge in [-0.05, 0) is 89.6 Å². The summed E-state index contributed by atoms with van der Waals surface area (Å²) in [5, 5.41) is 3.95. The molecule has 5 heteroatoms. The predicted octanol–water partition coefficient (Wildman–Crippen LogP) is 8.04. The highest BCUT2D eigenvalue weighted by Gasteiger charge is 2.52. The number of carbonyl (C=O) groups is 1. The van der Waals surface area contributed by atoms with Gasteiger partial charge in [-0.2, -0.15) is 5.06 Å². The molecule has 3 aromatic carbocycles. The molecule has 0 radical (unpaired) electrons. The van der Waals surface area contributed by atoms with Crippen molar-refractivity contribution in [3.05, 3.63) is 119 Å². The van der Waals surface area contributed by atoms with Crippen molar-refractivity contribution in [1.82, 2.24) is 10.1 Å². The average molecular weight is 539 g/mol. The van der Waals surface area contributed by atoms with E-state index in [0.29, 0.717) is 6.42 Å². The molecule has 0 spiro atoms. The maximum absolute atomic E-state index is 13.1. The van der Waals surface area contributed by atoms with E-state index in [2.05, 4.69) is 109 Å². The molecule has 1 unspecified atom stereocenters. The summed E-state index contributed by atoms with van der Waals surface area (Å²) in [6.45, 7) is 17.2. The summed E-state index contributed by atoms with van der Waals surface area (Å²) in [5.74, 6) is -0.394. The fraction of sp³-hybridized carbons (Fsp3) is 0.400. The topological polar surface area (TPSA) is 42.0 Å². The zero-order chi connectivity index (χ0) is 28.9. The van der Waals surface area contributed by atoms with Gasteiger partial charge < -0.3 is 4.84 Å². The number of hydrogen-bond acceptors (Lipinski definition) is 5. The van der Waals surface area contributed by atoms with E-state index in [1.807, 2.05) is 41.5 Å². The van der Waals surface area contributed by atoms with Crippen molar-refractivity contribution in [3.63, 3.8) is 0 Å². The number of nitrogens with zero attached hydrogens (tertiary/aromatic N) is 2. The number of rotatable bonds is 7. The first kappa shape index (κ1) is 28.3. The molecule has 5 nitrogen and oxygen atoms in total. The molecule has 0 bridgehead atoms. The first-order chi connectivity index (χ1) is 18.8. The lowest BCUT2D eigenvalue weighted by Gasteiger charge is -2.41. The van der Waals surface area contributed by atoms with Gasteiger partial charge in [0.2, 0.25) is 0 Å². The van der Waals surface area contributed by atoms with Crippen LogP contribution in [-0.4, -0.2) is 16.1 Å². The van der Waals surface area contributed by atoms with Gasteiger partial charge in [0.1, 0.15) is 6.10 Å². The lowest BCUT2D eigenvalue weighted by molar-refractivity contribution is -0.289. The van der Waals surface area contributed by atoms with Crippen LogP contribution in [0.3, 0.4) is 0 Å². The van der Waals surface area contributed by atoms with Crippen LogP contribution in [0.4, 0.5) is 0 Å². The fourth-order valence-corrected chi connectivity index (χ4v) is 6.87. The SMILES string of the molecule is CC1(C)c2ccccc2C(C)(C)N1OC(=O)/C=C/CC(ON1C(C)(C)c2ccccc2C1(C)C)c1ccccc1. The van der Waals surface area contributed by atoms with Crippen LogP contribution in [0, 0.1) is 0 Å². The minimum atomic E-state index is -0.443. The molecule has 210 valence electrons. The van der Waals surface area contributed by atoms with E-state index in [1.165, 1.54) is 28.3 Å². The van der Waals surface area contributed by atoms with Gasteiger partial charge >= 0.3 is 5.97 Å². The Bertz CT molecular complexity index is 1350. The summed E-state index contributed by atoms with van der Waals surface area (Å²) >= 11 is 0. The molecule has 1 atom stereocenters. The van der Waals surface area contributed by atoms with E-state index >= 15 is 0 Å². The number of benzene rings is 3. The van der Waals surface area contributed by atoms with Crippen molar-refractivity contribution in [2.45, 2.75) is 90.1 Å². The third-order valence-corrected chi connectivity index (χ3v) is 8.71. The molecular formula is C35H42N2O3. The standard InChI is InChI=1S/C35H42N2O3/c1-32(2)26-19-12-13-20-27(26)33(3,4)36(32)39-30(25-17-10-9-11-18-25)23-16-24-31(38)40-37-34(5,6)28-21-14-15-22-29(28)35(37,7)8/h9-22,24,30H,23H2,1-8H3/b24-16+. The van der Waals surface area contributed by atoms with Gasteiger partial charge in [-0.25, -0.2) is 4.79 Å². The van der Waals surface area contributed by atoms with Crippen LogP contribution in [-0.2, 0) is 36.6 Å². The fourth-order valence-electron chi connectivity index (χ4n) is 6.87. The zero-order valence-corrected chi connectivity index (χ0v) is 25.1. The minimum absolute atomic E-state index is 0.276. The smallest absolute Gasteiger partial charge is 0.349 e. The van der Waals surface area contributed by atoms with E-state index in [-0.39, 0.29) is 17.2 Å². The van der Waals surface area contributed by atoms with Crippen molar-refractivity contribution in [2.24, 2.45) is 0 Å². The molecule has 2 heterocycles. The molecule has 3 aromatic rings. The van der Waals surface area contributed by atoms with Crippen LogP contribution in [0.5, 0.6) is 0 Å². The summed E-state index contributed by atoms with van der Waals surface area (Å²) in [6, 6.07) is 27.0. The van der Waals surface area contributed by atoms with E-state index < -0.39 is 17.0 Å². The molecule has 40 heavy (non-hydrogen) atoms. The highest BCUT2D eigenvalue weighted by Crippen LogP contribution is 2.51. The molecule has 0 N–H and O–H groups in total. The molecule has 0 fully saturated rings. The van der Waals surface area contributed by atoms with E-state index in [1.54, 1.807) is 0 Å². The second-order valence-corrected chi connectivity index (χ2v) is 13.0. The van der Waals surface area contributed by atoms with E-state index in [0.717, 1.165) is 5.56 Å². The Hall–Kier alpha value is -3.25. The molecule has 0 aliphatic carbocycles. The normalized spacial score (nSPS) is 21.2. The van der Waals surface area contributed by atoms with Crippen LogP contribution in [0.15, 0.2) is 91.0 Å². The average Bonchev–Trinajstić information content (AvgIpc) is 3.17. The number of hydroxylamine groups is 4. The maximum Gasteiger partial charge on any atom is 0.349 e. The predicted molar refractivity (Wildman–Crippen MR) is 159 cm³/mol. The number of fused-ring (bicyclic) bond motifs is 2. The Balaban J connectivity index is 1.35. The van der Waals surface area contributed by atoms with Crippen LogP contribution >= 0.6 is 0 Å². The van der Waals surface area contributed by atoms with Crippen LogP contribution in [0.25, 0.3) is 0 Å². The van der Waals surface area contributed by atoms with Crippen molar-refractivity contribution in [3.8, 4) is 0 Å². The van der Waals surface area contributed by atoms with Crippen LogP contribution < -0.4 is 0 Å². The van der Waals surface area contributed by atoms with Crippen LogP contribution in [0.2, 0.25) is 0 Å². The van der Waals surface area contributed by atoms with Gasteiger partial charge in [-0.3, -0.25) is 4.84 Å². The summed E-state index contributed by atoms with van der Waals surface area (Å²) in [5.41, 5.74) is 4.40. The third kappa shape index (κ3) is 4.60. The lowest BCUT2D eigenvalue weighted by Crippen LogP contribution is -2.46. The molecule has 5 rings (SSSR count). The first-order valence-corrected chi connectivity index (χ1v) is 14.2. The molecule has 0 amide bonds. The molecule has 0 saturated carbocycles. The molecular weight excluding hydrogens is 496 g/mol. The van der Waals surface area contributed by atoms with Gasteiger partial charge in [0.15, 0.2) is 0 Å². The second kappa shape index (κ2) is 9.99. The van der Waals surface area contributed by atoms with Crippen molar-refractivity contribution < 1.29 is 14.5 Å². The van der Waals surface area contributed by atoms with Gasteiger partial charge in [0.05, 0.1) is 22.2 Å². The van der Waals surface area contributed by atoms with Gasteiger partial charge in [-0.1, -0.05) is 84.9 Å². The second-order valence-electron chi connectivity index (χ2n) is 13.0. The Morgan fingerprint density at radius 1 is 0.650 bits per heavy atom. The molecule has 2 aliphatic rings. The minimum Gasteiger partial charge on any atom is -0.363 e. The first-order valence-electron chi connectivity index (χ1n) is 14.2. The van der Waals surface area contributed by atoms with E-state index in [9.17, 15) is 4.79 Å². The van der Waals surface area contributed by atoms with Gasteiger partial charge in [-0.15, -0.1) is 5.06 Å². The monoisotopic (exact) mass is 538 g/mol. The Kier molecular flexibility index (Phi) is 7.06. The Morgan fingerprint density at radius 3 is 1.50 bits per heavy atom. The largest absolute Gasteiger partial charge is 0.363 e. The van der Waals surface area contributed by atoms with Crippen LogP contribution in [0.1, 0.15) is 95.7 Å². The van der Waals surface area contributed by atoms with Gasteiger partial charge in [0.25, 0.3) is 0 Å². The highest BCUT2D eigenvalue weighted by molar-refractivity contribution is 5.81. The molecule has 0 saturated heterocycles. The summed E-state index contributed by atoms with van der Waals surface area (Å²) in [4.78, 5) is 26.0. The lowest BCUT2D eigenvalue weighted by atomic mass is 9.91. The number of carbonyl (C=O) groups excluding carboxylic acids is 1. The Morgan fingerprint density at radius 2 is 1.05 bits per heavy atom. The van der Waals surface area contributed by atoms with Gasteiger partial charge in [0, 0.05) is 6.08 Å². The summed E-state index contributed by atoms with van der Waals surface area (Å²) in [7, 11) is 0. The maximum atomic E-state index is 13.1. The molecule has 0 aromatic heterocycles. The molecule has 2 aliphatic heterocycles. The third-order valence-electron chi connectivity index (χ3n) is 8.71. The highest BCUT2D eigenvalue weighted by atomic mass is 16.7. The van der Waals surface area contributed by atoms with Crippen molar-refractivity contribution in [2.75, 3.05) is 0 Å². The zero-order valence-electron chi connectivity index (χ0n) is 25.1. The quantitative estimate of drug-likeness (QED) is 0.285. The summed E-state index contributed by atoms with van der Waals surface area (Å²) in [6.07, 6.45) is 3.64. The van der Waals surface area contributed by atoms with E-state index in [4.69, 9.17) is 9.68 Å². The van der Waals surface area contributed by atoms with Crippen molar-refractivity contribution in [1.29, 1.82) is 0 Å².